The Morgan fingerprint density at radius 1 is 1.50 bits per heavy atom. The average molecular weight is 240 g/mol. The molecule has 0 unspecified atom stereocenters. The van der Waals surface area contributed by atoms with Crippen molar-refractivity contribution in [2.24, 2.45) is 0 Å². The number of sulfonamides is 1. The Morgan fingerprint density at radius 2 is 2.12 bits per heavy atom. The molecule has 0 aliphatic carbocycles. The van der Waals surface area contributed by atoms with Crippen LogP contribution in [0.2, 0.25) is 0 Å². The number of hydrogen-bond acceptors (Lipinski definition) is 3. The van der Waals surface area contributed by atoms with Crippen molar-refractivity contribution in [3.63, 3.8) is 0 Å². The van der Waals surface area contributed by atoms with Gasteiger partial charge in [-0.1, -0.05) is 6.08 Å². The molecule has 0 atom stereocenters. The molecule has 0 amide bonds. The first kappa shape index (κ1) is 12.7. The van der Waals surface area contributed by atoms with Crippen molar-refractivity contribution >= 4 is 15.8 Å². The van der Waals surface area contributed by atoms with Gasteiger partial charge < -0.3 is 0 Å². The summed E-state index contributed by atoms with van der Waals surface area (Å²) in [4.78, 5) is 4.27. The minimum absolute atomic E-state index is 0.444. The van der Waals surface area contributed by atoms with E-state index in [1.807, 2.05) is 13.0 Å². The molecule has 0 spiro atoms. The molecule has 1 heterocycles. The molecule has 88 valence electrons. The first-order valence-electron chi connectivity index (χ1n) is 4.87. The molecule has 0 bridgehead atoms. The predicted molar refractivity (Wildman–Crippen MR) is 66.1 cm³/mol. The average Bonchev–Trinajstić information content (AvgIpc) is 2.14. The van der Waals surface area contributed by atoms with Crippen molar-refractivity contribution in [3.05, 3.63) is 36.0 Å². The number of aryl methyl sites for hydroxylation is 1. The number of hydrogen-bond donors (Lipinski definition) is 0. The zero-order valence-electron chi connectivity index (χ0n) is 9.77. The van der Waals surface area contributed by atoms with Gasteiger partial charge in [-0.25, -0.2) is 13.4 Å². The molecule has 0 saturated carbocycles. The van der Waals surface area contributed by atoms with Crippen LogP contribution in [0, 0.1) is 6.92 Å². The molecule has 4 nitrogen and oxygen atoms in total. The van der Waals surface area contributed by atoms with Gasteiger partial charge in [0.05, 0.1) is 6.26 Å². The van der Waals surface area contributed by atoms with E-state index in [4.69, 9.17) is 0 Å². The third-order valence-corrected chi connectivity index (χ3v) is 3.36. The highest BCUT2D eigenvalue weighted by Gasteiger charge is 2.13. The number of aromatic nitrogens is 1. The molecule has 5 heteroatoms. The Bertz CT molecular complexity index is 495. The lowest BCUT2D eigenvalue weighted by molar-refractivity contribution is 0.599. The van der Waals surface area contributed by atoms with Crippen molar-refractivity contribution in [1.29, 1.82) is 0 Å². The Kier molecular flexibility index (Phi) is 3.70. The molecule has 0 fully saturated rings. The lowest BCUT2D eigenvalue weighted by atomic mass is 10.2. The summed E-state index contributed by atoms with van der Waals surface area (Å²) in [6, 6.07) is 3.66. The SMILES string of the molecule is C=CCc1cc(C)cc(N(C)S(C)(=O)=O)n1. The third-order valence-electron chi connectivity index (χ3n) is 2.18. The Labute approximate surface area is 96.7 Å². The summed E-state index contributed by atoms with van der Waals surface area (Å²) in [6.45, 7) is 5.55. The zero-order chi connectivity index (χ0) is 12.3. The Morgan fingerprint density at radius 3 is 2.62 bits per heavy atom. The van der Waals surface area contributed by atoms with Gasteiger partial charge in [0.25, 0.3) is 0 Å². The van der Waals surface area contributed by atoms with Crippen molar-refractivity contribution < 1.29 is 8.42 Å². The van der Waals surface area contributed by atoms with Crippen LogP contribution in [0.3, 0.4) is 0 Å². The van der Waals surface area contributed by atoms with Crippen LogP contribution in [0.4, 0.5) is 5.82 Å². The molecule has 0 aliphatic rings. The highest BCUT2D eigenvalue weighted by molar-refractivity contribution is 7.92. The van der Waals surface area contributed by atoms with E-state index in [1.165, 1.54) is 11.4 Å². The molecule has 0 radical (unpaired) electrons. The standard InChI is InChI=1S/C11H16N2O2S/c1-5-6-10-7-9(2)8-11(12-10)13(3)16(4,14)15/h5,7-8H,1,6H2,2-4H3. The third kappa shape index (κ3) is 3.06. The van der Waals surface area contributed by atoms with Gasteiger partial charge in [-0.3, -0.25) is 4.31 Å². The summed E-state index contributed by atoms with van der Waals surface area (Å²) in [5.41, 5.74) is 1.80. The van der Waals surface area contributed by atoms with Crippen LogP contribution in [0.5, 0.6) is 0 Å². The first-order valence-corrected chi connectivity index (χ1v) is 6.72. The van der Waals surface area contributed by atoms with Gasteiger partial charge in [-0.2, -0.15) is 0 Å². The molecule has 0 aliphatic heterocycles. The number of allylic oxidation sites excluding steroid dienone is 1. The van der Waals surface area contributed by atoms with Gasteiger partial charge in [0, 0.05) is 19.2 Å². The van der Waals surface area contributed by atoms with Crippen LogP contribution in [-0.2, 0) is 16.4 Å². The van der Waals surface area contributed by atoms with Crippen molar-refractivity contribution in [2.75, 3.05) is 17.6 Å². The lowest BCUT2D eigenvalue weighted by Gasteiger charge is -2.16. The quantitative estimate of drug-likeness (QED) is 0.750. The fraction of sp³-hybridized carbons (Fsp3) is 0.364. The molecule has 1 aromatic rings. The van der Waals surface area contributed by atoms with Gasteiger partial charge in [-0.05, 0) is 24.6 Å². The summed E-state index contributed by atoms with van der Waals surface area (Å²) in [6.07, 6.45) is 3.53. The van der Waals surface area contributed by atoms with Gasteiger partial charge in [0.15, 0.2) is 0 Å². The number of nitrogens with zero attached hydrogens (tertiary/aromatic N) is 2. The molecule has 1 rings (SSSR count). The maximum absolute atomic E-state index is 11.4. The van der Waals surface area contributed by atoms with E-state index in [9.17, 15) is 8.42 Å². The van der Waals surface area contributed by atoms with E-state index < -0.39 is 10.0 Å². The van der Waals surface area contributed by atoms with Crippen LogP contribution < -0.4 is 4.31 Å². The van der Waals surface area contributed by atoms with Crippen LogP contribution in [0.15, 0.2) is 24.8 Å². The highest BCUT2D eigenvalue weighted by Crippen LogP contribution is 2.16. The minimum Gasteiger partial charge on any atom is -0.257 e. The lowest BCUT2D eigenvalue weighted by Crippen LogP contribution is -2.26. The minimum atomic E-state index is -3.26. The summed E-state index contributed by atoms with van der Waals surface area (Å²) >= 11 is 0. The summed E-state index contributed by atoms with van der Waals surface area (Å²) < 4.78 is 23.9. The van der Waals surface area contributed by atoms with Crippen molar-refractivity contribution in [3.8, 4) is 0 Å². The van der Waals surface area contributed by atoms with E-state index in [2.05, 4.69) is 11.6 Å². The second-order valence-corrected chi connectivity index (χ2v) is 5.73. The molecule has 16 heavy (non-hydrogen) atoms. The molecular formula is C11H16N2O2S. The van der Waals surface area contributed by atoms with E-state index in [1.54, 1.807) is 12.1 Å². The van der Waals surface area contributed by atoms with E-state index >= 15 is 0 Å². The smallest absolute Gasteiger partial charge is 0.233 e. The molecule has 0 aromatic carbocycles. The van der Waals surface area contributed by atoms with Crippen LogP contribution in [-0.4, -0.2) is 26.7 Å². The topological polar surface area (TPSA) is 50.3 Å². The van der Waals surface area contributed by atoms with E-state index in [-0.39, 0.29) is 0 Å². The Balaban J connectivity index is 3.19. The fourth-order valence-electron chi connectivity index (χ4n) is 1.30. The summed E-state index contributed by atoms with van der Waals surface area (Å²) in [5, 5.41) is 0. The molecule has 1 aromatic heterocycles. The largest absolute Gasteiger partial charge is 0.257 e. The van der Waals surface area contributed by atoms with Gasteiger partial charge in [-0.15, -0.1) is 6.58 Å². The number of rotatable bonds is 4. The molecule has 0 saturated heterocycles. The van der Waals surface area contributed by atoms with E-state index in [0.29, 0.717) is 12.2 Å². The first-order chi connectivity index (χ1) is 7.34. The molecule has 0 N–H and O–H groups in total. The maximum atomic E-state index is 11.4. The second-order valence-electron chi connectivity index (χ2n) is 3.72. The summed E-state index contributed by atoms with van der Waals surface area (Å²) in [7, 11) is -1.76. The van der Waals surface area contributed by atoms with Gasteiger partial charge in [0.1, 0.15) is 5.82 Å². The van der Waals surface area contributed by atoms with Crippen LogP contribution in [0.1, 0.15) is 11.3 Å². The summed E-state index contributed by atoms with van der Waals surface area (Å²) in [5.74, 6) is 0.444. The number of pyridine rings is 1. The zero-order valence-corrected chi connectivity index (χ0v) is 10.6. The predicted octanol–water partition coefficient (Wildman–Crippen LogP) is 1.51. The molecular weight excluding hydrogens is 224 g/mol. The number of anilines is 1. The highest BCUT2D eigenvalue weighted by atomic mass is 32.2. The van der Waals surface area contributed by atoms with Crippen LogP contribution >= 0.6 is 0 Å². The Hall–Kier alpha value is -1.36. The maximum Gasteiger partial charge on any atom is 0.233 e. The second kappa shape index (κ2) is 4.65. The van der Waals surface area contributed by atoms with Crippen LogP contribution in [0.25, 0.3) is 0 Å². The van der Waals surface area contributed by atoms with Gasteiger partial charge >= 0.3 is 0 Å². The monoisotopic (exact) mass is 240 g/mol. The van der Waals surface area contributed by atoms with Crippen molar-refractivity contribution in [2.45, 2.75) is 13.3 Å². The van der Waals surface area contributed by atoms with Crippen molar-refractivity contribution in [1.82, 2.24) is 4.98 Å². The normalized spacial score (nSPS) is 11.2. The fourth-order valence-corrected chi connectivity index (χ4v) is 1.74. The van der Waals surface area contributed by atoms with E-state index in [0.717, 1.165) is 17.5 Å². The van der Waals surface area contributed by atoms with Gasteiger partial charge in [0.2, 0.25) is 10.0 Å².